The predicted octanol–water partition coefficient (Wildman–Crippen LogP) is 0.392. The zero-order chi connectivity index (χ0) is 17.8. The van der Waals surface area contributed by atoms with Crippen LogP contribution in [0.25, 0.3) is 0 Å². The van der Waals surface area contributed by atoms with Crippen LogP contribution in [0.1, 0.15) is 40.7 Å². The molecule has 0 N–H and O–H groups in total. The lowest BCUT2D eigenvalue weighted by Crippen LogP contribution is -2.43. The molecule has 3 rings (SSSR count). The van der Waals surface area contributed by atoms with Crippen LogP contribution in [0.2, 0.25) is 0 Å². The largest absolute Gasteiger partial charge is 0.383 e. The number of morpholine rings is 1. The monoisotopic (exact) mass is 350 g/mol. The molecule has 1 aliphatic heterocycles. The molecule has 1 amide bonds. The van der Waals surface area contributed by atoms with Crippen molar-refractivity contribution < 1.29 is 18.8 Å². The first-order valence-corrected chi connectivity index (χ1v) is 8.26. The Balaban J connectivity index is 1.76. The van der Waals surface area contributed by atoms with Gasteiger partial charge in [0.1, 0.15) is 17.4 Å². The number of nitrogens with zero attached hydrogens (tertiary/aromatic N) is 6. The van der Waals surface area contributed by atoms with E-state index >= 15 is 0 Å². The second kappa shape index (κ2) is 7.70. The van der Waals surface area contributed by atoms with E-state index in [1.54, 1.807) is 23.6 Å². The summed E-state index contributed by atoms with van der Waals surface area (Å²) in [6.45, 7) is 6.01. The minimum absolute atomic E-state index is 0.0974. The average molecular weight is 350 g/mol. The first-order valence-electron chi connectivity index (χ1n) is 8.26. The first kappa shape index (κ1) is 17.5. The number of carbonyl (C=O) groups is 1. The summed E-state index contributed by atoms with van der Waals surface area (Å²) in [5.41, 5.74) is 1.22. The van der Waals surface area contributed by atoms with Crippen LogP contribution in [-0.2, 0) is 22.4 Å². The molecule has 1 saturated heterocycles. The third kappa shape index (κ3) is 3.54. The van der Waals surface area contributed by atoms with Gasteiger partial charge in [-0.15, -0.1) is 5.10 Å². The molecule has 2 aromatic heterocycles. The molecule has 1 fully saturated rings. The topological polar surface area (TPSA) is 108 Å². The fraction of sp³-hybridized carbons (Fsp3) is 0.667. The van der Waals surface area contributed by atoms with E-state index in [0.717, 1.165) is 0 Å². The maximum atomic E-state index is 12.9. The van der Waals surface area contributed by atoms with Crippen LogP contribution >= 0.6 is 0 Å². The second-order valence-electron chi connectivity index (χ2n) is 5.78. The number of carbonyl (C=O) groups excluding carboxylic acids is 1. The third-order valence-corrected chi connectivity index (χ3v) is 4.19. The van der Waals surface area contributed by atoms with E-state index < -0.39 is 0 Å². The lowest BCUT2D eigenvalue weighted by atomic mass is 10.1. The molecule has 10 nitrogen and oxygen atoms in total. The summed E-state index contributed by atoms with van der Waals surface area (Å²) in [5, 5.41) is 15.7. The lowest BCUT2D eigenvalue weighted by Gasteiger charge is -2.32. The molecule has 0 aromatic carbocycles. The highest BCUT2D eigenvalue weighted by Gasteiger charge is 2.32. The van der Waals surface area contributed by atoms with Gasteiger partial charge in [-0.05, 0) is 23.8 Å². The standard InChI is InChI=1S/C15H22N6O4/c1-4-11-13(10(2)25-17-11)15(22)20-5-8-24-12(9-20)14-16-18-19-21(14)6-7-23-3/h12H,4-9H2,1-3H3/t12-/m1/s1. The quantitative estimate of drug-likeness (QED) is 0.736. The zero-order valence-electron chi connectivity index (χ0n) is 14.6. The molecule has 0 bridgehead atoms. The molecule has 10 heteroatoms. The normalized spacial score (nSPS) is 17.9. The average Bonchev–Trinajstić information content (AvgIpc) is 3.25. The number of rotatable bonds is 6. The van der Waals surface area contributed by atoms with Crippen molar-refractivity contribution in [3.8, 4) is 0 Å². The lowest BCUT2D eigenvalue weighted by molar-refractivity contribution is -0.0292. The molecule has 1 atom stereocenters. The summed E-state index contributed by atoms with van der Waals surface area (Å²) in [6, 6.07) is 0. The number of hydrogen-bond acceptors (Lipinski definition) is 8. The van der Waals surface area contributed by atoms with E-state index in [-0.39, 0.29) is 12.0 Å². The molecular formula is C15H22N6O4. The van der Waals surface area contributed by atoms with Crippen LogP contribution in [0, 0.1) is 6.92 Å². The summed E-state index contributed by atoms with van der Waals surface area (Å²) < 4.78 is 17.7. The molecule has 1 aliphatic rings. The van der Waals surface area contributed by atoms with Crippen molar-refractivity contribution >= 4 is 5.91 Å². The number of aromatic nitrogens is 5. The Labute approximate surface area is 145 Å². The van der Waals surface area contributed by atoms with E-state index in [2.05, 4.69) is 20.7 Å². The number of methoxy groups -OCH3 is 1. The highest BCUT2D eigenvalue weighted by molar-refractivity contribution is 5.96. The van der Waals surface area contributed by atoms with Crippen molar-refractivity contribution in [3.05, 3.63) is 22.8 Å². The second-order valence-corrected chi connectivity index (χ2v) is 5.78. The smallest absolute Gasteiger partial charge is 0.259 e. The maximum Gasteiger partial charge on any atom is 0.259 e. The van der Waals surface area contributed by atoms with E-state index in [9.17, 15) is 4.79 Å². The number of aryl methyl sites for hydroxylation is 2. The number of tetrazole rings is 1. The molecule has 0 aliphatic carbocycles. The summed E-state index contributed by atoms with van der Waals surface area (Å²) in [5.74, 6) is 1.03. The van der Waals surface area contributed by atoms with Gasteiger partial charge >= 0.3 is 0 Å². The highest BCUT2D eigenvalue weighted by Crippen LogP contribution is 2.23. The summed E-state index contributed by atoms with van der Waals surface area (Å²) in [4.78, 5) is 14.7. The highest BCUT2D eigenvalue weighted by atomic mass is 16.5. The van der Waals surface area contributed by atoms with E-state index in [0.29, 0.717) is 62.1 Å². The Bertz CT molecular complexity index is 727. The fourth-order valence-corrected chi connectivity index (χ4v) is 2.86. The minimum atomic E-state index is -0.380. The van der Waals surface area contributed by atoms with Gasteiger partial charge in [-0.25, -0.2) is 4.68 Å². The van der Waals surface area contributed by atoms with Crippen molar-refractivity contribution in [2.24, 2.45) is 0 Å². The molecule has 2 aromatic rings. The summed E-state index contributed by atoms with van der Waals surface area (Å²) in [6.07, 6.45) is 0.261. The van der Waals surface area contributed by atoms with Gasteiger partial charge < -0.3 is 18.9 Å². The van der Waals surface area contributed by atoms with Crippen molar-refractivity contribution in [2.45, 2.75) is 32.9 Å². The molecule has 0 spiro atoms. The zero-order valence-corrected chi connectivity index (χ0v) is 14.6. The van der Waals surface area contributed by atoms with Crippen LogP contribution in [0.4, 0.5) is 0 Å². The third-order valence-electron chi connectivity index (χ3n) is 4.19. The molecule has 0 radical (unpaired) electrons. The molecule has 0 saturated carbocycles. The van der Waals surface area contributed by atoms with Gasteiger partial charge in [-0.3, -0.25) is 4.79 Å². The number of ether oxygens (including phenoxy) is 2. The van der Waals surface area contributed by atoms with E-state index in [4.69, 9.17) is 14.0 Å². The van der Waals surface area contributed by atoms with Crippen molar-refractivity contribution in [3.63, 3.8) is 0 Å². The summed E-state index contributed by atoms with van der Waals surface area (Å²) >= 11 is 0. The number of hydrogen-bond donors (Lipinski definition) is 0. The van der Waals surface area contributed by atoms with Gasteiger partial charge in [0.15, 0.2) is 5.82 Å². The van der Waals surface area contributed by atoms with E-state index in [1.165, 1.54) is 0 Å². The number of amides is 1. The van der Waals surface area contributed by atoms with Gasteiger partial charge in [-0.1, -0.05) is 12.1 Å². The fourth-order valence-electron chi connectivity index (χ4n) is 2.86. The van der Waals surface area contributed by atoms with Crippen LogP contribution in [-0.4, -0.2) is 69.6 Å². The molecule has 25 heavy (non-hydrogen) atoms. The van der Waals surface area contributed by atoms with E-state index in [1.807, 2.05) is 6.92 Å². The molecule has 3 heterocycles. The molecular weight excluding hydrogens is 328 g/mol. The SMILES string of the molecule is CCc1noc(C)c1C(=O)N1CCO[C@@H](c2nnnn2CCOC)C1. The van der Waals surface area contributed by atoms with Crippen molar-refractivity contribution in [2.75, 3.05) is 33.4 Å². The van der Waals surface area contributed by atoms with Gasteiger partial charge in [0.05, 0.1) is 32.0 Å². The van der Waals surface area contributed by atoms with Gasteiger partial charge in [0, 0.05) is 13.7 Å². The Morgan fingerprint density at radius 1 is 1.44 bits per heavy atom. The van der Waals surface area contributed by atoms with Gasteiger partial charge in [-0.2, -0.15) is 0 Å². The minimum Gasteiger partial charge on any atom is -0.383 e. The Hall–Kier alpha value is -2.33. The Morgan fingerprint density at radius 2 is 2.28 bits per heavy atom. The van der Waals surface area contributed by atoms with Crippen molar-refractivity contribution in [1.82, 2.24) is 30.3 Å². The van der Waals surface area contributed by atoms with Crippen LogP contribution in [0.15, 0.2) is 4.52 Å². The van der Waals surface area contributed by atoms with Crippen LogP contribution in [0.5, 0.6) is 0 Å². The Kier molecular flexibility index (Phi) is 5.39. The molecule has 136 valence electrons. The molecule has 0 unspecified atom stereocenters. The van der Waals surface area contributed by atoms with Gasteiger partial charge in [0.2, 0.25) is 0 Å². The maximum absolute atomic E-state index is 12.9. The first-order chi connectivity index (χ1) is 12.2. The van der Waals surface area contributed by atoms with Crippen LogP contribution in [0.3, 0.4) is 0 Å². The van der Waals surface area contributed by atoms with Crippen molar-refractivity contribution in [1.29, 1.82) is 0 Å². The summed E-state index contributed by atoms with van der Waals surface area (Å²) in [7, 11) is 1.62. The van der Waals surface area contributed by atoms with Crippen LogP contribution < -0.4 is 0 Å². The van der Waals surface area contributed by atoms with Gasteiger partial charge in [0.25, 0.3) is 5.91 Å². The predicted molar refractivity (Wildman–Crippen MR) is 84.9 cm³/mol. The Morgan fingerprint density at radius 3 is 3.04 bits per heavy atom.